The van der Waals surface area contributed by atoms with Crippen LogP contribution in [0.2, 0.25) is 0 Å². The summed E-state index contributed by atoms with van der Waals surface area (Å²) in [7, 11) is -2.43. The van der Waals surface area contributed by atoms with Gasteiger partial charge >= 0.3 is 0 Å². The summed E-state index contributed by atoms with van der Waals surface area (Å²) in [5.74, 6) is -0.409. The Balaban J connectivity index is 1.82. The van der Waals surface area contributed by atoms with E-state index in [1.54, 1.807) is 35.9 Å². The minimum absolute atomic E-state index is 0.281. The van der Waals surface area contributed by atoms with Crippen molar-refractivity contribution >= 4 is 21.8 Å². The SMILES string of the molecule is CCn1cc([C@@H]2C[C@H](C(=O)Nc3ccc([C@@H](C)O)cc3)N(C)S(=O)(=O)N2)c(C)n1. The van der Waals surface area contributed by atoms with Gasteiger partial charge in [0.25, 0.3) is 10.2 Å². The molecule has 1 aliphatic rings. The molecular weight excluding hydrogens is 394 g/mol. The number of nitrogens with one attached hydrogen (secondary N) is 2. The lowest BCUT2D eigenvalue weighted by Gasteiger charge is -2.36. The molecule has 1 aliphatic heterocycles. The largest absolute Gasteiger partial charge is 0.389 e. The van der Waals surface area contributed by atoms with Crippen LogP contribution in [0.3, 0.4) is 0 Å². The molecule has 0 aliphatic carbocycles. The van der Waals surface area contributed by atoms with Crippen LogP contribution in [0.15, 0.2) is 30.5 Å². The number of likely N-dealkylation sites (N-methyl/N-ethyl adjacent to an activating group) is 1. The Morgan fingerprint density at radius 1 is 1.38 bits per heavy atom. The molecular formula is C19H27N5O4S. The van der Waals surface area contributed by atoms with Gasteiger partial charge in [0.05, 0.1) is 17.8 Å². The lowest BCUT2D eigenvalue weighted by atomic mass is 10.00. The van der Waals surface area contributed by atoms with Crippen LogP contribution in [0.25, 0.3) is 0 Å². The van der Waals surface area contributed by atoms with Crippen LogP contribution >= 0.6 is 0 Å². The molecule has 2 aromatic rings. The van der Waals surface area contributed by atoms with Gasteiger partial charge in [-0.15, -0.1) is 0 Å². The van der Waals surface area contributed by atoms with Crippen LogP contribution in [0.4, 0.5) is 5.69 Å². The summed E-state index contributed by atoms with van der Waals surface area (Å²) >= 11 is 0. The molecule has 0 bridgehead atoms. The number of aryl methyl sites for hydroxylation is 2. The average Bonchev–Trinajstić information content (AvgIpc) is 3.05. The molecule has 2 heterocycles. The number of amides is 1. The standard InChI is InChI=1S/C19H27N5O4S/c1-5-24-11-16(12(2)21-24)17-10-18(23(4)29(27,28)22-17)19(26)20-15-8-6-14(7-9-15)13(3)25/h6-9,11,13,17-18,22,25H,5,10H2,1-4H3,(H,20,26)/t13-,17+,18-/m1/s1. The number of carbonyl (C=O) groups excluding carboxylic acids is 1. The number of hydrogen-bond acceptors (Lipinski definition) is 5. The van der Waals surface area contributed by atoms with Crippen molar-refractivity contribution in [1.82, 2.24) is 18.8 Å². The van der Waals surface area contributed by atoms with Gasteiger partial charge in [-0.3, -0.25) is 9.48 Å². The number of hydrogen-bond donors (Lipinski definition) is 3. The van der Waals surface area contributed by atoms with E-state index in [2.05, 4.69) is 15.1 Å². The first kappa shape index (κ1) is 21.4. The summed E-state index contributed by atoms with van der Waals surface area (Å²) in [6.07, 6.45) is 1.50. The number of aromatic nitrogens is 2. The highest BCUT2D eigenvalue weighted by Gasteiger charge is 2.41. The minimum Gasteiger partial charge on any atom is -0.389 e. The Kier molecular flexibility index (Phi) is 6.08. The fourth-order valence-electron chi connectivity index (χ4n) is 3.42. The average molecular weight is 422 g/mol. The maximum absolute atomic E-state index is 12.9. The first-order valence-electron chi connectivity index (χ1n) is 9.50. The van der Waals surface area contributed by atoms with Crippen molar-refractivity contribution in [2.45, 2.75) is 51.9 Å². The quantitative estimate of drug-likeness (QED) is 0.676. The predicted octanol–water partition coefficient (Wildman–Crippen LogP) is 1.48. The molecule has 1 aromatic heterocycles. The first-order valence-corrected chi connectivity index (χ1v) is 10.9. The molecule has 1 saturated heterocycles. The fraction of sp³-hybridized carbons (Fsp3) is 0.474. The van der Waals surface area contributed by atoms with E-state index in [4.69, 9.17) is 0 Å². The monoisotopic (exact) mass is 421 g/mol. The zero-order valence-electron chi connectivity index (χ0n) is 17.0. The minimum atomic E-state index is -3.83. The van der Waals surface area contributed by atoms with E-state index in [0.717, 1.165) is 21.1 Å². The second-order valence-corrected chi connectivity index (χ2v) is 9.02. The molecule has 1 aromatic carbocycles. The molecule has 0 spiro atoms. The van der Waals surface area contributed by atoms with Gasteiger partial charge in [0.2, 0.25) is 5.91 Å². The van der Waals surface area contributed by atoms with Crippen molar-refractivity contribution in [2.75, 3.05) is 12.4 Å². The highest BCUT2D eigenvalue weighted by molar-refractivity contribution is 7.87. The van der Waals surface area contributed by atoms with Crippen molar-refractivity contribution in [3.8, 4) is 0 Å². The highest BCUT2D eigenvalue weighted by Crippen LogP contribution is 2.30. The number of carbonyl (C=O) groups is 1. The van der Waals surface area contributed by atoms with Crippen LogP contribution in [0.1, 0.15) is 49.2 Å². The third kappa shape index (κ3) is 4.50. The molecule has 10 heteroatoms. The maximum atomic E-state index is 12.9. The van der Waals surface area contributed by atoms with Gasteiger partial charge in [-0.25, -0.2) is 0 Å². The number of benzene rings is 1. The first-order chi connectivity index (χ1) is 13.6. The fourth-order valence-corrected chi connectivity index (χ4v) is 4.69. The van der Waals surface area contributed by atoms with Crippen LogP contribution in [-0.4, -0.2) is 46.6 Å². The smallest absolute Gasteiger partial charge is 0.280 e. The lowest BCUT2D eigenvalue weighted by Crippen LogP contribution is -2.56. The van der Waals surface area contributed by atoms with E-state index in [1.807, 2.05) is 20.0 Å². The van der Waals surface area contributed by atoms with E-state index in [1.165, 1.54) is 7.05 Å². The summed E-state index contributed by atoms with van der Waals surface area (Å²) in [4.78, 5) is 12.9. The molecule has 0 unspecified atom stereocenters. The van der Waals surface area contributed by atoms with E-state index in [-0.39, 0.29) is 6.42 Å². The van der Waals surface area contributed by atoms with Crippen LogP contribution in [0.5, 0.6) is 0 Å². The summed E-state index contributed by atoms with van der Waals surface area (Å²) in [6.45, 7) is 6.11. The zero-order valence-corrected chi connectivity index (χ0v) is 17.8. The molecule has 0 saturated carbocycles. The van der Waals surface area contributed by atoms with Gasteiger partial charge < -0.3 is 10.4 Å². The Labute approximate surface area is 170 Å². The van der Waals surface area contributed by atoms with Crippen LogP contribution in [-0.2, 0) is 21.5 Å². The molecule has 29 heavy (non-hydrogen) atoms. The van der Waals surface area contributed by atoms with Crippen molar-refractivity contribution < 1.29 is 18.3 Å². The van der Waals surface area contributed by atoms with Gasteiger partial charge in [0.1, 0.15) is 6.04 Å². The second kappa shape index (κ2) is 8.23. The van der Waals surface area contributed by atoms with Crippen molar-refractivity contribution in [3.63, 3.8) is 0 Å². The summed E-state index contributed by atoms with van der Waals surface area (Å²) < 4.78 is 30.7. The van der Waals surface area contributed by atoms with E-state index >= 15 is 0 Å². The normalized spacial score (nSPS) is 22.9. The number of aliphatic hydroxyl groups excluding tert-OH is 1. The van der Waals surface area contributed by atoms with Crippen LogP contribution < -0.4 is 10.0 Å². The van der Waals surface area contributed by atoms with Crippen molar-refractivity contribution in [3.05, 3.63) is 47.3 Å². The predicted molar refractivity (Wildman–Crippen MR) is 109 cm³/mol. The molecule has 1 fully saturated rings. The molecule has 3 atom stereocenters. The van der Waals surface area contributed by atoms with Crippen LogP contribution in [0, 0.1) is 6.92 Å². The Morgan fingerprint density at radius 2 is 2.03 bits per heavy atom. The maximum Gasteiger partial charge on any atom is 0.280 e. The van der Waals surface area contributed by atoms with Crippen molar-refractivity contribution in [1.29, 1.82) is 0 Å². The summed E-state index contributed by atoms with van der Waals surface area (Å²) in [5.41, 5.74) is 2.77. The molecule has 158 valence electrons. The van der Waals surface area contributed by atoms with Crippen molar-refractivity contribution in [2.24, 2.45) is 0 Å². The number of rotatable bonds is 5. The molecule has 1 amide bonds. The van der Waals surface area contributed by atoms with E-state index < -0.39 is 34.3 Å². The zero-order chi connectivity index (χ0) is 21.3. The van der Waals surface area contributed by atoms with Gasteiger partial charge in [-0.05, 0) is 44.9 Å². The third-order valence-electron chi connectivity index (χ3n) is 5.22. The number of nitrogens with zero attached hydrogens (tertiary/aromatic N) is 3. The number of aliphatic hydroxyl groups is 1. The van der Waals surface area contributed by atoms with Gasteiger partial charge in [0, 0.05) is 31.0 Å². The highest BCUT2D eigenvalue weighted by atomic mass is 32.2. The lowest BCUT2D eigenvalue weighted by molar-refractivity contribution is -0.120. The third-order valence-corrected chi connectivity index (χ3v) is 6.81. The molecule has 9 nitrogen and oxygen atoms in total. The Bertz CT molecular complexity index is 985. The van der Waals surface area contributed by atoms with Gasteiger partial charge in [-0.1, -0.05) is 12.1 Å². The summed E-state index contributed by atoms with van der Waals surface area (Å²) in [6, 6.07) is 5.39. The topological polar surface area (TPSA) is 117 Å². The second-order valence-electron chi connectivity index (χ2n) is 7.26. The molecule has 0 radical (unpaired) electrons. The van der Waals surface area contributed by atoms with E-state index in [9.17, 15) is 18.3 Å². The molecule has 3 N–H and O–H groups in total. The molecule has 3 rings (SSSR count). The van der Waals surface area contributed by atoms with Gasteiger partial charge in [-0.2, -0.15) is 22.5 Å². The summed E-state index contributed by atoms with van der Waals surface area (Å²) in [5, 5.41) is 16.7. The Morgan fingerprint density at radius 3 is 2.59 bits per heavy atom. The van der Waals surface area contributed by atoms with E-state index in [0.29, 0.717) is 12.2 Å². The van der Waals surface area contributed by atoms with Gasteiger partial charge in [0.15, 0.2) is 0 Å². The number of anilines is 1. The Hall–Kier alpha value is -2.27.